The van der Waals surface area contributed by atoms with Crippen LogP contribution in [0.15, 0.2) is 24.3 Å². The number of benzene rings is 1. The fourth-order valence-electron chi connectivity index (χ4n) is 1.40. The van der Waals surface area contributed by atoms with E-state index in [-0.39, 0.29) is 12.4 Å². The maximum atomic E-state index is 11.6. The number of carbonyl (C=O) groups excluding carboxylic acids is 1. The third-order valence-corrected chi connectivity index (χ3v) is 2.57. The molecule has 0 radical (unpaired) electrons. The van der Waals surface area contributed by atoms with E-state index in [4.69, 9.17) is 9.84 Å². The molecule has 4 heteroatoms. The van der Waals surface area contributed by atoms with Crippen LogP contribution in [0.2, 0.25) is 0 Å². The van der Waals surface area contributed by atoms with Gasteiger partial charge in [0.05, 0.1) is 5.92 Å². The van der Waals surface area contributed by atoms with Gasteiger partial charge in [0.1, 0.15) is 12.4 Å². The molecule has 0 aliphatic rings. The number of Topliss-reactive ketones (excluding diaryl/α,β-unsaturated/α-hetero) is 1. The fourth-order valence-corrected chi connectivity index (χ4v) is 1.40. The van der Waals surface area contributed by atoms with Gasteiger partial charge in [-0.15, -0.1) is 0 Å². The third kappa shape index (κ3) is 4.20. The van der Waals surface area contributed by atoms with Crippen molar-refractivity contribution in [1.82, 2.24) is 0 Å². The summed E-state index contributed by atoms with van der Waals surface area (Å²) in [6.45, 7) is 3.67. The van der Waals surface area contributed by atoms with Crippen molar-refractivity contribution in [3.05, 3.63) is 29.8 Å². The van der Waals surface area contributed by atoms with Gasteiger partial charge >= 0.3 is 5.97 Å². The number of ether oxygens (including phenoxy) is 1. The molecular weight excluding hydrogens is 232 g/mol. The van der Waals surface area contributed by atoms with E-state index in [0.29, 0.717) is 17.7 Å². The minimum absolute atomic E-state index is 0.114. The average molecular weight is 250 g/mol. The number of carboxylic acid groups (broad SMARTS) is 1. The minimum Gasteiger partial charge on any atom is -0.493 e. The maximum absolute atomic E-state index is 11.6. The summed E-state index contributed by atoms with van der Waals surface area (Å²) in [4.78, 5) is 22.2. The molecule has 1 atom stereocenters. The van der Waals surface area contributed by atoms with E-state index in [1.54, 1.807) is 31.2 Å². The van der Waals surface area contributed by atoms with Crippen LogP contribution in [-0.2, 0) is 4.79 Å². The number of hydrogen-bond acceptors (Lipinski definition) is 3. The fraction of sp³-hybridized carbons (Fsp3) is 0.429. The Hall–Kier alpha value is -1.84. The van der Waals surface area contributed by atoms with Crippen molar-refractivity contribution < 1.29 is 19.4 Å². The lowest BCUT2D eigenvalue weighted by Crippen LogP contribution is -2.17. The normalized spacial score (nSPS) is 11.9. The van der Waals surface area contributed by atoms with Crippen LogP contribution in [0.1, 0.15) is 37.0 Å². The molecule has 0 bridgehead atoms. The van der Waals surface area contributed by atoms with Crippen molar-refractivity contribution in [2.45, 2.75) is 26.7 Å². The molecular formula is C14H18O4. The minimum atomic E-state index is -0.884. The van der Waals surface area contributed by atoms with Crippen molar-refractivity contribution in [3.8, 4) is 5.75 Å². The molecule has 1 aromatic carbocycles. The third-order valence-electron chi connectivity index (χ3n) is 2.57. The molecule has 0 saturated carbocycles. The first kappa shape index (κ1) is 14.2. The SMILES string of the molecule is CCCC(=O)c1ccc(OCC(C)C(=O)O)cc1. The number of hydrogen-bond donors (Lipinski definition) is 1. The molecule has 1 unspecified atom stereocenters. The largest absolute Gasteiger partial charge is 0.493 e. The van der Waals surface area contributed by atoms with Gasteiger partial charge in [0.25, 0.3) is 0 Å². The smallest absolute Gasteiger partial charge is 0.309 e. The van der Waals surface area contributed by atoms with E-state index < -0.39 is 11.9 Å². The van der Waals surface area contributed by atoms with Crippen molar-refractivity contribution >= 4 is 11.8 Å². The van der Waals surface area contributed by atoms with Crippen LogP contribution in [0.25, 0.3) is 0 Å². The van der Waals surface area contributed by atoms with Gasteiger partial charge in [0.15, 0.2) is 5.78 Å². The Bertz CT molecular complexity index is 408. The number of carbonyl (C=O) groups is 2. The van der Waals surface area contributed by atoms with Crippen LogP contribution in [0.4, 0.5) is 0 Å². The van der Waals surface area contributed by atoms with Crippen LogP contribution in [0.5, 0.6) is 5.75 Å². The number of aliphatic carboxylic acids is 1. The Kier molecular flexibility index (Phi) is 5.36. The van der Waals surface area contributed by atoms with Crippen LogP contribution < -0.4 is 4.74 Å². The zero-order chi connectivity index (χ0) is 13.5. The molecule has 18 heavy (non-hydrogen) atoms. The summed E-state index contributed by atoms with van der Waals surface area (Å²) in [6, 6.07) is 6.80. The first-order chi connectivity index (χ1) is 8.54. The zero-order valence-electron chi connectivity index (χ0n) is 10.7. The quantitative estimate of drug-likeness (QED) is 0.756. The zero-order valence-corrected chi connectivity index (χ0v) is 10.7. The number of carboxylic acids is 1. The summed E-state index contributed by atoms with van der Waals surface area (Å²) >= 11 is 0. The summed E-state index contributed by atoms with van der Waals surface area (Å²) in [6.07, 6.45) is 1.36. The number of rotatable bonds is 7. The molecule has 0 fully saturated rings. The van der Waals surface area contributed by atoms with E-state index >= 15 is 0 Å². The highest BCUT2D eigenvalue weighted by Gasteiger charge is 2.11. The van der Waals surface area contributed by atoms with Gasteiger partial charge in [-0.2, -0.15) is 0 Å². The van der Waals surface area contributed by atoms with E-state index in [2.05, 4.69) is 0 Å². The molecule has 1 aromatic rings. The molecule has 0 saturated heterocycles. The second-order valence-electron chi connectivity index (χ2n) is 4.25. The van der Waals surface area contributed by atoms with Crippen molar-refractivity contribution in [2.24, 2.45) is 5.92 Å². The van der Waals surface area contributed by atoms with Gasteiger partial charge in [-0.1, -0.05) is 6.92 Å². The van der Waals surface area contributed by atoms with E-state index in [9.17, 15) is 9.59 Å². The Labute approximate surface area is 107 Å². The molecule has 98 valence electrons. The Morgan fingerprint density at radius 1 is 1.28 bits per heavy atom. The molecule has 0 heterocycles. The predicted octanol–water partition coefficient (Wildman–Crippen LogP) is 2.77. The molecule has 1 N–H and O–H groups in total. The monoisotopic (exact) mass is 250 g/mol. The first-order valence-corrected chi connectivity index (χ1v) is 6.03. The van der Waals surface area contributed by atoms with Gasteiger partial charge in [-0.05, 0) is 37.6 Å². The Morgan fingerprint density at radius 2 is 1.89 bits per heavy atom. The molecule has 0 aromatic heterocycles. The lowest BCUT2D eigenvalue weighted by atomic mass is 10.1. The van der Waals surface area contributed by atoms with Crippen molar-refractivity contribution in [2.75, 3.05) is 6.61 Å². The second-order valence-corrected chi connectivity index (χ2v) is 4.25. The molecule has 0 aliphatic carbocycles. The summed E-state index contributed by atoms with van der Waals surface area (Å²) < 4.78 is 5.33. The maximum Gasteiger partial charge on any atom is 0.309 e. The topological polar surface area (TPSA) is 63.6 Å². The Balaban J connectivity index is 2.55. The van der Waals surface area contributed by atoms with Crippen LogP contribution in [0.3, 0.4) is 0 Å². The molecule has 0 spiro atoms. The van der Waals surface area contributed by atoms with Crippen LogP contribution >= 0.6 is 0 Å². The molecule has 1 rings (SSSR count). The summed E-state index contributed by atoms with van der Waals surface area (Å²) in [7, 11) is 0. The predicted molar refractivity (Wildman–Crippen MR) is 68.0 cm³/mol. The standard InChI is InChI=1S/C14H18O4/c1-3-4-13(15)11-5-7-12(8-6-11)18-9-10(2)14(16)17/h5-8,10H,3-4,9H2,1-2H3,(H,16,17). The molecule has 4 nitrogen and oxygen atoms in total. The van der Waals surface area contributed by atoms with Gasteiger partial charge in [-0.3, -0.25) is 9.59 Å². The number of ketones is 1. The van der Waals surface area contributed by atoms with E-state index in [0.717, 1.165) is 6.42 Å². The summed E-state index contributed by atoms with van der Waals surface area (Å²) in [5, 5.41) is 8.71. The molecule has 0 amide bonds. The molecule has 0 aliphatic heterocycles. The summed E-state index contributed by atoms with van der Waals surface area (Å²) in [5.41, 5.74) is 0.662. The van der Waals surface area contributed by atoms with Crippen LogP contribution in [0, 0.1) is 5.92 Å². The lowest BCUT2D eigenvalue weighted by molar-refractivity contribution is -0.142. The van der Waals surface area contributed by atoms with Gasteiger partial charge in [0.2, 0.25) is 0 Å². The highest BCUT2D eigenvalue weighted by Crippen LogP contribution is 2.15. The van der Waals surface area contributed by atoms with Crippen molar-refractivity contribution in [1.29, 1.82) is 0 Å². The second kappa shape index (κ2) is 6.79. The van der Waals surface area contributed by atoms with Crippen LogP contribution in [-0.4, -0.2) is 23.5 Å². The van der Waals surface area contributed by atoms with Gasteiger partial charge in [-0.25, -0.2) is 0 Å². The highest BCUT2D eigenvalue weighted by atomic mass is 16.5. The van der Waals surface area contributed by atoms with Gasteiger partial charge in [0, 0.05) is 12.0 Å². The Morgan fingerprint density at radius 3 is 2.39 bits per heavy atom. The average Bonchev–Trinajstić information content (AvgIpc) is 2.36. The lowest BCUT2D eigenvalue weighted by Gasteiger charge is -2.09. The highest BCUT2D eigenvalue weighted by molar-refractivity contribution is 5.96. The van der Waals surface area contributed by atoms with E-state index in [1.807, 2.05) is 6.92 Å². The van der Waals surface area contributed by atoms with E-state index in [1.165, 1.54) is 0 Å². The van der Waals surface area contributed by atoms with Gasteiger partial charge < -0.3 is 9.84 Å². The summed E-state index contributed by atoms with van der Waals surface area (Å²) in [5.74, 6) is -0.741. The van der Waals surface area contributed by atoms with Crippen molar-refractivity contribution in [3.63, 3.8) is 0 Å². The first-order valence-electron chi connectivity index (χ1n) is 6.03.